The molecule has 1 aliphatic heterocycles. The molecule has 138 valence electrons. The van der Waals surface area contributed by atoms with Gasteiger partial charge in [-0.3, -0.25) is 9.69 Å². The summed E-state index contributed by atoms with van der Waals surface area (Å²) in [5.41, 5.74) is 1.13. The van der Waals surface area contributed by atoms with Gasteiger partial charge in [0.15, 0.2) is 4.34 Å². The first kappa shape index (κ1) is 19.4. The van der Waals surface area contributed by atoms with Crippen LogP contribution in [0.15, 0.2) is 41.3 Å². The fraction of sp³-hybridized carbons (Fsp3) is 0.389. The van der Waals surface area contributed by atoms with Crippen LogP contribution in [0.2, 0.25) is 5.02 Å². The number of hydrogen-bond donors (Lipinski definition) is 1. The zero-order valence-corrected chi connectivity index (χ0v) is 16.7. The zero-order chi connectivity index (χ0) is 18.4. The van der Waals surface area contributed by atoms with E-state index in [2.05, 4.69) is 33.1 Å². The Morgan fingerprint density at radius 3 is 2.88 bits per heavy atom. The molecule has 2 heterocycles. The van der Waals surface area contributed by atoms with E-state index in [0.29, 0.717) is 5.13 Å². The van der Waals surface area contributed by atoms with Crippen LogP contribution in [0.1, 0.15) is 18.4 Å². The fourth-order valence-corrected chi connectivity index (χ4v) is 4.59. The second-order valence-corrected chi connectivity index (χ2v) is 8.76. The number of nitrogens with zero attached hydrogens (tertiary/aromatic N) is 3. The third-order valence-electron chi connectivity index (χ3n) is 4.27. The summed E-state index contributed by atoms with van der Waals surface area (Å²) in [7, 11) is 0. The molecule has 2 aromatic rings. The first-order valence-electron chi connectivity index (χ1n) is 8.49. The molecule has 1 fully saturated rings. The molecule has 0 radical (unpaired) electrons. The molecular formula is C18H21ClN4OS2. The van der Waals surface area contributed by atoms with Gasteiger partial charge >= 0.3 is 0 Å². The summed E-state index contributed by atoms with van der Waals surface area (Å²) in [6.07, 6.45) is 3.50. The molecule has 26 heavy (non-hydrogen) atoms. The third-order valence-corrected chi connectivity index (χ3v) is 6.61. The lowest BCUT2D eigenvalue weighted by molar-refractivity contribution is -0.121. The Hall–Kier alpha value is -1.41. The first-order chi connectivity index (χ1) is 12.7. The lowest BCUT2D eigenvalue weighted by Gasteiger charge is -2.31. The summed E-state index contributed by atoms with van der Waals surface area (Å²) in [6, 6.07) is 7.92. The lowest BCUT2D eigenvalue weighted by atomic mass is 9.95. The van der Waals surface area contributed by atoms with Crippen molar-refractivity contribution in [3.8, 4) is 0 Å². The van der Waals surface area contributed by atoms with Crippen LogP contribution >= 0.6 is 34.7 Å². The molecule has 0 bridgehead atoms. The van der Waals surface area contributed by atoms with E-state index in [-0.39, 0.29) is 11.8 Å². The average molecular weight is 409 g/mol. The number of carbonyl (C=O) groups excluding carboxylic acids is 1. The van der Waals surface area contributed by atoms with Gasteiger partial charge in [-0.1, -0.05) is 59.0 Å². The second kappa shape index (κ2) is 9.50. The van der Waals surface area contributed by atoms with Crippen molar-refractivity contribution < 1.29 is 4.79 Å². The maximum Gasteiger partial charge on any atom is 0.229 e. The van der Waals surface area contributed by atoms with Crippen LogP contribution in [-0.2, 0) is 11.3 Å². The van der Waals surface area contributed by atoms with Crippen molar-refractivity contribution in [2.24, 2.45) is 5.92 Å². The number of hydrogen-bond acceptors (Lipinski definition) is 6. The van der Waals surface area contributed by atoms with Crippen LogP contribution in [0.25, 0.3) is 0 Å². The lowest BCUT2D eigenvalue weighted by Crippen LogP contribution is -2.37. The number of carbonyl (C=O) groups is 1. The molecule has 3 rings (SSSR count). The molecule has 8 heteroatoms. The van der Waals surface area contributed by atoms with Gasteiger partial charge in [0.05, 0.1) is 0 Å². The van der Waals surface area contributed by atoms with E-state index in [1.807, 2.05) is 24.3 Å². The van der Waals surface area contributed by atoms with Gasteiger partial charge in [-0.2, -0.15) is 0 Å². The number of amides is 1. The SMILES string of the molecule is C=CCSc1nnc(NC(=O)C2CCN(Cc3ccccc3Cl)CC2)s1. The molecule has 1 aliphatic rings. The number of thioether (sulfide) groups is 1. The van der Waals surface area contributed by atoms with Crippen molar-refractivity contribution in [3.05, 3.63) is 47.5 Å². The van der Waals surface area contributed by atoms with Crippen molar-refractivity contribution in [2.75, 3.05) is 24.2 Å². The van der Waals surface area contributed by atoms with Gasteiger partial charge in [0.25, 0.3) is 0 Å². The van der Waals surface area contributed by atoms with Crippen LogP contribution in [-0.4, -0.2) is 39.8 Å². The molecular weight excluding hydrogens is 388 g/mol. The van der Waals surface area contributed by atoms with Gasteiger partial charge in [0, 0.05) is 23.2 Å². The summed E-state index contributed by atoms with van der Waals surface area (Å²) in [5, 5.41) is 12.4. The van der Waals surface area contributed by atoms with E-state index in [4.69, 9.17) is 11.6 Å². The highest BCUT2D eigenvalue weighted by atomic mass is 35.5. The van der Waals surface area contributed by atoms with E-state index in [1.165, 1.54) is 11.3 Å². The Bertz CT molecular complexity index is 759. The summed E-state index contributed by atoms with van der Waals surface area (Å²) in [4.78, 5) is 14.8. The number of rotatable bonds is 7. The molecule has 1 saturated heterocycles. The molecule has 1 amide bonds. The van der Waals surface area contributed by atoms with E-state index < -0.39 is 0 Å². The number of nitrogens with one attached hydrogen (secondary N) is 1. The van der Waals surface area contributed by atoms with Crippen LogP contribution in [0.3, 0.4) is 0 Å². The number of halogens is 1. The van der Waals surface area contributed by atoms with Crippen molar-refractivity contribution in [3.63, 3.8) is 0 Å². The predicted molar refractivity (Wildman–Crippen MR) is 109 cm³/mol. The second-order valence-electron chi connectivity index (χ2n) is 6.10. The maximum absolute atomic E-state index is 12.5. The van der Waals surface area contributed by atoms with Crippen LogP contribution in [0, 0.1) is 5.92 Å². The van der Waals surface area contributed by atoms with Gasteiger partial charge in [-0.05, 0) is 37.6 Å². The number of aromatic nitrogens is 2. The number of likely N-dealkylation sites (tertiary alicyclic amines) is 1. The fourth-order valence-electron chi connectivity index (χ4n) is 2.88. The number of piperidine rings is 1. The summed E-state index contributed by atoms with van der Waals surface area (Å²) in [5.74, 6) is 0.844. The smallest absolute Gasteiger partial charge is 0.229 e. The number of anilines is 1. The third kappa shape index (κ3) is 5.30. The minimum Gasteiger partial charge on any atom is -0.300 e. The van der Waals surface area contributed by atoms with E-state index in [9.17, 15) is 4.79 Å². The Labute approximate surface area is 166 Å². The van der Waals surface area contributed by atoms with Crippen LogP contribution in [0.5, 0.6) is 0 Å². The summed E-state index contributed by atoms with van der Waals surface area (Å²) in [6.45, 7) is 6.29. The Kier molecular flexibility index (Phi) is 7.07. The highest BCUT2D eigenvalue weighted by Gasteiger charge is 2.26. The molecule has 1 aromatic heterocycles. The van der Waals surface area contributed by atoms with Crippen LogP contribution < -0.4 is 5.32 Å². The topological polar surface area (TPSA) is 58.1 Å². The molecule has 1 aromatic carbocycles. The van der Waals surface area contributed by atoms with Gasteiger partial charge < -0.3 is 5.32 Å². The summed E-state index contributed by atoms with van der Waals surface area (Å²) < 4.78 is 0.842. The Balaban J connectivity index is 1.47. The predicted octanol–water partition coefficient (Wildman–Crippen LogP) is 4.32. The van der Waals surface area contributed by atoms with Gasteiger partial charge in [0.2, 0.25) is 11.0 Å². The standard InChI is InChI=1S/C18H21ClN4OS2/c1-2-11-25-18-22-21-17(26-18)20-16(24)13-7-9-23(10-8-13)12-14-5-3-4-6-15(14)19/h2-6,13H,1,7-12H2,(H,20,21,24). The quantitative estimate of drug-likeness (QED) is 0.420. The molecule has 0 spiro atoms. The van der Waals surface area contributed by atoms with E-state index in [1.54, 1.807) is 11.8 Å². The molecule has 0 saturated carbocycles. The monoisotopic (exact) mass is 408 g/mol. The number of benzene rings is 1. The van der Waals surface area contributed by atoms with Crippen molar-refractivity contribution in [1.82, 2.24) is 15.1 Å². The van der Waals surface area contributed by atoms with Crippen LogP contribution in [0.4, 0.5) is 5.13 Å². The largest absolute Gasteiger partial charge is 0.300 e. The highest BCUT2D eigenvalue weighted by Crippen LogP contribution is 2.27. The average Bonchev–Trinajstić information content (AvgIpc) is 3.10. The molecule has 1 N–H and O–H groups in total. The summed E-state index contributed by atoms with van der Waals surface area (Å²) >= 11 is 9.21. The normalized spacial score (nSPS) is 15.7. The van der Waals surface area contributed by atoms with Gasteiger partial charge in [-0.15, -0.1) is 16.8 Å². The molecule has 0 unspecified atom stereocenters. The van der Waals surface area contributed by atoms with Crippen molar-refractivity contribution in [1.29, 1.82) is 0 Å². The zero-order valence-electron chi connectivity index (χ0n) is 14.4. The van der Waals surface area contributed by atoms with Crippen molar-refractivity contribution >= 4 is 45.7 Å². The minimum atomic E-state index is 0.0191. The van der Waals surface area contributed by atoms with E-state index in [0.717, 1.165) is 53.2 Å². The Morgan fingerprint density at radius 1 is 1.38 bits per heavy atom. The first-order valence-corrected chi connectivity index (χ1v) is 10.7. The molecule has 0 atom stereocenters. The Morgan fingerprint density at radius 2 is 2.15 bits per heavy atom. The van der Waals surface area contributed by atoms with Crippen molar-refractivity contribution in [2.45, 2.75) is 23.7 Å². The highest BCUT2D eigenvalue weighted by molar-refractivity contribution is 8.01. The minimum absolute atomic E-state index is 0.0191. The molecule has 0 aliphatic carbocycles. The van der Waals surface area contributed by atoms with E-state index >= 15 is 0 Å². The molecule has 5 nitrogen and oxygen atoms in total. The van der Waals surface area contributed by atoms with Gasteiger partial charge in [-0.25, -0.2) is 0 Å². The van der Waals surface area contributed by atoms with Gasteiger partial charge in [0.1, 0.15) is 0 Å². The maximum atomic E-state index is 12.5.